The van der Waals surface area contributed by atoms with E-state index in [0.29, 0.717) is 12.0 Å². The van der Waals surface area contributed by atoms with Crippen LogP contribution in [0.1, 0.15) is 11.1 Å². The normalized spacial score (nSPS) is 10.9. The Labute approximate surface area is 95.0 Å². The van der Waals surface area contributed by atoms with Crippen molar-refractivity contribution in [1.29, 1.82) is 0 Å². The van der Waals surface area contributed by atoms with E-state index in [1.54, 1.807) is 0 Å². The van der Waals surface area contributed by atoms with E-state index < -0.39 is 17.5 Å². The van der Waals surface area contributed by atoms with Crippen LogP contribution in [-0.4, -0.2) is 17.5 Å². The summed E-state index contributed by atoms with van der Waals surface area (Å²) in [5.74, 6) is -6.12. The number of carbonyl (C=O) groups excluding carboxylic acids is 1. The second-order valence-corrected chi connectivity index (χ2v) is 3.10. The Morgan fingerprint density at radius 1 is 1.41 bits per heavy atom. The highest BCUT2D eigenvalue weighted by atomic mass is 19.3. The largest absolute Gasteiger partial charge is 0.477 e. The number of alkyl halides is 2. The van der Waals surface area contributed by atoms with Crippen LogP contribution in [0, 0.1) is 0 Å². The summed E-state index contributed by atoms with van der Waals surface area (Å²) >= 11 is 0. The molecule has 1 aromatic rings. The number of carbonyl (C=O) groups is 2. The Balaban J connectivity index is 2.74. The number of hydrogen-bond acceptors (Lipinski definition) is 3. The highest BCUT2D eigenvalue weighted by molar-refractivity contribution is 5.77. The maximum absolute atomic E-state index is 13.0. The van der Waals surface area contributed by atoms with Crippen LogP contribution in [0.2, 0.25) is 0 Å². The van der Waals surface area contributed by atoms with E-state index in [2.05, 4.69) is 4.84 Å². The number of hydrogen-bond donors (Lipinski definition) is 2. The molecule has 2 N–H and O–H groups in total. The molecule has 0 aromatic heterocycles. The molecule has 0 bridgehead atoms. The van der Waals surface area contributed by atoms with Gasteiger partial charge in [-0.1, -0.05) is 24.3 Å². The fourth-order valence-electron chi connectivity index (χ4n) is 1.09. The van der Waals surface area contributed by atoms with Gasteiger partial charge in [-0.3, -0.25) is 9.63 Å². The summed E-state index contributed by atoms with van der Waals surface area (Å²) in [4.78, 5) is 24.8. The molecule has 0 heterocycles. The number of carboxylic acid groups (broad SMARTS) is 1. The molecule has 0 spiro atoms. The van der Waals surface area contributed by atoms with Crippen LogP contribution in [0.15, 0.2) is 24.3 Å². The van der Waals surface area contributed by atoms with Gasteiger partial charge in [0.2, 0.25) is 6.41 Å². The molecule has 1 aromatic carbocycles. The van der Waals surface area contributed by atoms with Crippen LogP contribution in [0.5, 0.6) is 0 Å². The van der Waals surface area contributed by atoms with Crippen LogP contribution < -0.4 is 5.48 Å². The van der Waals surface area contributed by atoms with E-state index in [1.807, 2.05) is 5.48 Å². The number of benzene rings is 1. The standard InChI is InChI=1S/C10H9F2NO4/c11-10(12,9(15)16)8-3-1-7(2-4-8)5-17-13-6-14/h1-4,6H,5H2,(H,13,14)(H,15,16). The predicted molar refractivity (Wildman–Crippen MR) is 52.0 cm³/mol. The zero-order valence-corrected chi connectivity index (χ0v) is 8.52. The van der Waals surface area contributed by atoms with E-state index in [1.165, 1.54) is 12.1 Å². The molecular formula is C10H9F2NO4. The minimum atomic E-state index is -3.92. The molecule has 0 aliphatic rings. The van der Waals surface area contributed by atoms with E-state index in [4.69, 9.17) is 5.11 Å². The van der Waals surface area contributed by atoms with E-state index in [0.717, 1.165) is 12.1 Å². The van der Waals surface area contributed by atoms with E-state index >= 15 is 0 Å². The van der Waals surface area contributed by atoms with Crippen molar-refractivity contribution in [2.24, 2.45) is 0 Å². The fraction of sp³-hybridized carbons (Fsp3) is 0.200. The maximum Gasteiger partial charge on any atom is 0.379 e. The van der Waals surface area contributed by atoms with Gasteiger partial charge in [0.15, 0.2) is 0 Å². The van der Waals surface area contributed by atoms with Crippen LogP contribution in [0.3, 0.4) is 0 Å². The lowest BCUT2D eigenvalue weighted by molar-refractivity contribution is -0.166. The first-order valence-corrected chi connectivity index (χ1v) is 4.50. The topological polar surface area (TPSA) is 75.6 Å². The molecule has 17 heavy (non-hydrogen) atoms. The first kappa shape index (κ1) is 13.0. The summed E-state index contributed by atoms with van der Waals surface area (Å²) < 4.78 is 26.1. The summed E-state index contributed by atoms with van der Waals surface area (Å²) in [6.45, 7) is -0.00232. The number of nitrogens with one attached hydrogen (secondary N) is 1. The monoisotopic (exact) mass is 245 g/mol. The van der Waals surface area contributed by atoms with E-state index in [-0.39, 0.29) is 6.61 Å². The van der Waals surface area contributed by atoms with Gasteiger partial charge in [-0.15, -0.1) is 0 Å². The molecule has 1 amide bonds. The summed E-state index contributed by atoms with van der Waals surface area (Å²) in [7, 11) is 0. The van der Waals surface area contributed by atoms with Gasteiger partial charge in [-0.25, -0.2) is 10.3 Å². The summed E-state index contributed by atoms with van der Waals surface area (Å²) in [6.07, 6.45) is 0.326. The number of carboxylic acids is 1. The van der Waals surface area contributed by atoms with Gasteiger partial charge in [0.25, 0.3) is 0 Å². The minimum absolute atomic E-state index is 0.00232. The summed E-state index contributed by atoms with van der Waals surface area (Å²) in [6, 6.07) is 4.57. The SMILES string of the molecule is O=CNOCc1ccc(C(F)(F)C(=O)O)cc1. The van der Waals surface area contributed by atoms with Crippen molar-refractivity contribution in [2.45, 2.75) is 12.5 Å². The lowest BCUT2D eigenvalue weighted by atomic mass is 10.1. The summed E-state index contributed by atoms with van der Waals surface area (Å²) in [5, 5.41) is 8.31. The molecule has 0 saturated carbocycles. The second kappa shape index (κ2) is 5.35. The Hall–Kier alpha value is -2.02. The molecule has 1 rings (SSSR count). The van der Waals surface area contributed by atoms with Gasteiger partial charge in [0, 0.05) is 5.56 Å². The predicted octanol–water partition coefficient (Wildman–Crippen LogP) is 1.04. The molecular weight excluding hydrogens is 236 g/mol. The van der Waals surface area contributed by atoms with Crippen LogP contribution in [-0.2, 0) is 27.0 Å². The molecule has 0 atom stereocenters. The Morgan fingerprint density at radius 2 is 2.00 bits per heavy atom. The second-order valence-electron chi connectivity index (χ2n) is 3.10. The molecule has 0 aliphatic heterocycles. The third-order valence-electron chi connectivity index (χ3n) is 1.96. The summed E-state index contributed by atoms with van der Waals surface area (Å²) in [5.41, 5.74) is 1.84. The van der Waals surface area contributed by atoms with Crippen molar-refractivity contribution in [3.8, 4) is 0 Å². The first-order chi connectivity index (χ1) is 7.98. The zero-order chi connectivity index (χ0) is 12.9. The number of halogens is 2. The van der Waals surface area contributed by atoms with Crippen molar-refractivity contribution >= 4 is 12.4 Å². The van der Waals surface area contributed by atoms with Crippen LogP contribution >= 0.6 is 0 Å². The van der Waals surface area contributed by atoms with Gasteiger partial charge in [0.1, 0.15) is 0 Å². The zero-order valence-electron chi connectivity index (χ0n) is 8.52. The number of amides is 1. The molecule has 7 heteroatoms. The molecule has 92 valence electrons. The Bertz CT molecular complexity index is 405. The molecule has 5 nitrogen and oxygen atoms in total. The highest BCUT2D eigenvalue weighted by Crippen LogP contribution is 2.28. The molecule has 0 unspecified atom stereocenters. The average molecular weight is 245 g/mol. The number of aliphatic carboxylic acids is 1. The molecule has 0 saturated heterocycles. The Kier molecular flexibility index (Phi) is 4.11. The third kappa shape index (κ3) is 3.22. The lowest BCUT2D eigenvalue weighted by Gasteiger charge is -2.11. The lowest BCUT2D eigenvalue weighted by Crippen LogP contribution is -2.25. The fourth-order valence-corrected chi connectivity index (χ4v) is 1.09. The van der Waals surface area contributed by atoms with Gasteiger partial charge in [-0.2, -0.15) is 8.78 Å². The van der Waals surface area contributed by atoms with Gasteiger partial charge in [0.05, 0.1) is 6.61 Å². The smallest absolute Gasteiger partial charge is 0.379 e. The van der Waals surface area contributed by atoms with Crippen molar-refractivity contribution in [3.05, 3.63) is 35.4 Å². The van der Waals surface area contributed by atoms with Gasteiger partial charge in [-0.05, 0) is 5.56 Å². The minimum Gasteiger partial charge on any atom is -0.477 e. The van der Waals surface area contributed by atoms with Gasteiger partial charge >= 0.3 is 11.9 Å². The Morgan fingerprint density at radius 3 is 2.47 bits per heavy atom. The highest BCUT2D eigenvalue weighted by Gasteiger charge is 2.40. The average Bonchev–Trinajstić information content (AvgIpc) is 2.30. The maximum atomic E-state index is 13.0. The third-order valence-corrected chi connectivity index (χ3v) is 1.96. The number of hydroxylamine groups is 1. The van der Waals surface area contributed by atoms with Crippen LogP contribution in [0.25, 0.3) is 0 Å². The van der Waals surface area contributed by atoms with Crippen LogP contribution in [0.4, 0.5) is 8.78 Å². The van der Waals surface area contributed by atoms with Crippen molar-refractivity contribution in [3.63, 3.8) is 0 Å². The molecule has 0 aliphatic carbocycles. The van der Waals surface area contributed by atoms with Crippen molar-refractivity contribution in [2.75, 3.05) is 0 Å². The number of rotatable bonds is 6. The molecule has 0 fully saturated rings. The first-order valence-electron chi connectivity index (χ1n) is 4.50. The quantitative estimate of drug-likeness (QED) is 0.446. The van der Waals surface area contributed by atoms with Crippen molar-refractivity contribution in [1.82, 2.24) is 5.48 Å². The molecule has 0 radical (unpaired) electrons. The van der Waals surface area contributed by atoms with E-state index in [9.17, 15) is 18.4 Å². The van der Waals surface area contributed by atoms with Crippen molar-refractivity contribution < 1.29 is 28.3 Å². The van der Waals surface area contributed by atoms with Gasteiger partial charge < -0.3 is 5.11 Å².